The van der Waals surface area contributed by atoms with Gasteiger partial charge in [0.15, 0.2) is 6.10 Å². The van der Waals surface area contributed by atoms with Crippen LogP contribution >= 0.6 is 11.6 Å². The summed E-state index contributed by atoms with van der Waals surface area (Å²) in [5, 5.41) is 9.94. The lowest BCUT2D eigenvalue weighted by molar-refractivity contribution is -0.145. The van der Waals surface area contributed by atoms with Crippen LogP contribution in [0.4, 0.5) is 0 Å². The van der Waals surface area contributed by atoms with Crippen molar-refractivity contribution in [2.45, 2.75) is 32.3 Å². The Morgan fingerprint density at radius 1 is 1.18 bits per heavy atom. The number of carboxylic acids is 1. The highest BCUT2D eigenvalue weighted by Crippen LogP contribution is 2.21. The van der Waals surface area contributed by atoms with Crippen LogP contribution in [0.5, 0.6) is 5.75 Å². The first-order valence-corrected chi connectivity index (χ1v) is 7.57. The van der Waals surface area contributed by atoms with Gasteiger partial charge in [0.05, 0.1) is 0 Å². The molecule has 2 aromatic rings. The van der Waals surface area contributed by atoms with Gasteiger partial charge >= 0.3 is 5.97 Å². The van der Waals surface area contributed by atoms with Crippen LogP contribution in [0.1, 0.15) is 30.9 Å². The third-order valence-electron chi connectivity index (χ3n) is 3.41. The topological polar surface area (TPSA) is 46.5 Å². The minimum absolute atomic E-state index is 0.266. The van der Waals surface area contributed by atoms with Crippen LogP contribution in [0.2, 0.25) is 5.02 Å². The van der Waals surface area contributed by atoms with Crippen LogP contribution in [0.25, 0.3) is 0 Å². The molecule has 0 saturated carbocycles. The highest BCUT2D eigenvalue weighted by molar-refractivity contribution is 6.30. The molecule has 116 valence electrons. The Hall–Kier alpha value is -2.00. The molecule has 0 radical (unpaired) electrons. The minimum Gasteiger partial charge on any atom is -0.478 e. The quantitative estimate of drug-likeness (QED) is 0.850. The average Bonchev–Trinajstić information content (AvgIpc) is 2.47. The zero-order chi connectivity index (χ0) is 16.1. The second-order valence-electron chi connectivity index (χ2n) is 5.50. The normalized spacial score (nSPS) is 12.2. The van der Waals surface area contributed by atoms with E-state index in [2.05, 4.69) is 13.8 Å². The molecule has 0 aliphatic rings. The Balaban J connectivity index is 2.10. The van der Waals surface area contributed by atoms with Crippen molar-refractivity contribution >= 4 is 17.6 Å². The predicted octanol–water partition coefficient (Wildman–Crippen LogP) is 4.54. The molecule has 4 heteroatoms. The van der Waals surface area contributed by atoms with Gasteiger partial charge in [0.25, 0.3) is 0 Å². The maximum Gasteiger partial charge on any atom is 0.345 e. The van der Waals surface area contributed by atoms with Gasteiger partial charge < -0.3 is 9.84 Å². The monoisotopic (exact) mass is 318 g/mol. The number of halogens is 1. The van der Waals surface area contributed by atoms with Crippen molar-refractivity contribution in [2.24, 2.45) is 0 Å². The average molecular weight is 319 g/mol. The van der Waals surface area contributed by atoms with Gasteiger partial charge in [0, 0.05) is 11.4 Å². The summed E-state index contributed by atoms with van der Waals surface area (Å²) in [5.74, 6) is -0.0116. The van der Waals surface area contributed by atoms with Crippen molar-refractivity contribution in [3.8, 4) is 5.75 Å². The number of hydrogen-bond acceptors (Lipinski definition) is 2. The summed E-state index contributed by atoms with van der Waals surface area (Å²) < 4.78 is 5.61. The molecule has 0 aliphatic heterocycles. The summed E-state index contributed by atoms with van der Waals surface area (Å²) in [7, 11) is 0. The van der Waals surface area contributed by atoms with E-state index in [1.807, 2.05) is 30.3 Å². The van der Waals surface area contributed by atoms with E-state index in [4.69, 9.17) is 16.3 Å². The fourth-order valence-corrected chi connectivity index (χ4v) is 2.37. The van der Waals surface area contributed by atoms with Gasteiger partial charge in [0.2, 0.25) is 0 Å². The number of benzene rings is 2. The van der Waals surface area contributed by atoms with Crippen LogP contribution < -0.4 is 4.74 Å². The Morgan fingerprint density at radius 2 is 1.86 bits per heavy atom. The molecule has 0 aliphatic carbocycles. The fourth-order valence-electron chi connectivity index (χ4n) is 2.15. The molecule has 1 atom stereocenters. The summed E-state index contributed by atoms with van der Waals surface area (Å²) in [6.45, 7) is 4.21. The van der Waals surface area contributed by atoms with E-state index in [0.29, 0.717) is 16.7 Å². The molecule has 2 rings (SSSR count). The molecular formula is C18H19ClO3. The van der Waals surface area contributed by atoms with Gasteiger partial charge in [-0.25, -0.2) is 4.79 Å². The molecule has 0 fully saturated rings. The Kier molecular flexibility index (Phi) is 5.45. The Morgan fingerprint density at radius 3 is 2.41 bits per heavy atom. The summed E-state index contributed by atoms with van der Waals surface area (Å²) >= 11 is 5.93. The van der Waals surface area contributed by atoms with Crippen molar-refractivity contribution in [1.29, 1.82) is 0 Å². The van der Waals surface area contributed by atoms with Crippen molar-refractivity contribution < 1.29 is 14.6 Å². The van der Waals surface area contributed by atoms with Gasteiger partial charge in [-0.05, 0) is 41.3 Å². The molecule has 3 nitrogen and oxygen atoms in total. The van der Waals surface area contributed by atoms with Crippen LogP contribution in [-0.4, -0.2) is 17.2 Å². The maximum absolute atomic E-state index is 11.4. The number of ether oxygens (including phenoxy) is 1. The van der Waals surface area contributed by atoms with Gasteiger partial charge in [0.1, 0.15) is 5.75 Å². The second kappa shape index (κ2) is 7.32. The second-order valence-corrected chi connectivity index (χ2v) is 5.94. The van der Waals surface area contributed by atoms with E-state index in [9.17, 15) is 9.90 Å². The molecular weight excluding hydrogens is 300 g/mol. The van der Waals surface area contributed by atoms with Crippen molar-refractivity contribution in [1.82, 2.24) is 0 Å². The number of hydrogen-bond donors (Lipinski definition) is 1. The highest BCUT2D eigenvalue weighted by Gasteiger charge is 2.20. The lowest BCUT2D eigenvalue weighted by atomic mass is 10.0. The number of rotatable bonds is 6. The first kappa shape index (κ1) is 16.4. The number of aliphatic carboxylic acids is 1. The lowest BCUT2D eigenvalue weighted by Gasteiger charge is -2.16. The first-order chi connectivity index (χ1) is 10.5. The molecule has 0 aromatic heterocycles. The van der Waals surface area contributed by atoms with Crippen LogP contribution in [0.3, 0.4) is 0 Å². The number of carboxylic acid groups (broad SMARTS) is 1. The van der Waals surface area contributed by atoms with E-state index in [1.165, 1.54) is 5.56 Å². The van der Waals surface area contributed by atoms with Crippen molar-refractivity contribution in [3.63, 3.8) is 0 Å². The molecule has 0 bridgehead atoms. The van der Waals surface area contributed by atoms with Crippen molar-refractivity contribution in [3.05, 3.63) is 64.7 Å². The zero-order valence-corrected chi connectivity index (χ0v) is 13.4. The molecule has 0 heterocycles. The maximum atomic E-state index is 11.4. The van der Waals surface area contributed by atoms with Crippen molar-refractivity contribution in [2.75, 3.05) is 0 Å². The molecule has 0 unspecified atom stereocenters. The van der Waals surface area contributed by atoms with Gasteiger partial charge in [-0.15, -0.1) is 0 Å². The summed E-state index contributed by atoms with van der Waals surface area (Å²) in [6, 6.07) is 14.7. The summed E-state index contributed by atoms with van der Waals surface area (Å²) in [5.41, 5.74) is 2.02. The van der Waals surface area contributed by atoms with Gasteiger partial charge in [-0.3, -0.25) is 0 Å². The van der Waals surface area contributed by atoms with Crippen LogP contribution in [0, 0.1) is 0 Å². The molecule has 1 N–H and O–H groups in total. The Labute approximate surface area is 135 Å². The molecule has 0 spiro atoms. The number of carbonyl (C=O) groups is 1. The smallest absolute Gasteiger partial charge is 0.345 e. The SMILES string of the molecule is CC(C)c1ccc(O[C@H](Cc2cccc(Cl)c2)C(=O)O)cc1. The standard InChI is InChI=1S/C18H19ClO3/c1-12(2)14-6-8-16(9-7-14)22-17(18(20)21)11-13-4-3-5-15(19)10-13/h3-10,12,17H,11H2,1-2H3,(H,20,21)/t17-/m1/s1. The van der Waals surface area contributed by atoms with E-state index in [1.54, 1.807) is 18.2 Å². The minimum atomic E-state index is -0.993. The highest BCUT2D eigenvalue weighted by atomic mass is 35.5. The largest absolute Gasteiger partial charge is 0.478 e. The Bertz CT molecular complexity index is 635. The summed E-state index contributed by atoms with van der Waals surface area (Å²) in [6.07, 6.45) is -0.676. The lowest BCUT2D eigenvalue weighted by Crippen LogP contribution is -2.29. The predicted molar refractivity (Wildman–Crippen MR) is 87.7 cm³/mol. The third kappa shape index (κ3) is 4.50. The van der Waals surface area contributed by atoms with E-state index >= 15 is 0 Å². The molecule has 0 amide bonds. The van der Waals surface area contributed by atoms with Crippen LogP contribution in [0.15, 0.2) is 48.5 Å². The first-order valence-electron chi connectivity index (χ1n) is 7.19. The molecule has 2 aromatic carbocycles. The van der Waals surface area contributed by atoms with Gasteiger partial charge in [-0.1, -0.05) is 49.7 Å². The van der Waals surface area contributed by atoms with Gasteiger partial charge in [-0.2, -0.15) is 0 Å². The van der Waals surface area contributed by atoms with E-state index in [0.717, 1.165) is 5.56 Å². The zero-order valence-electron chi connectivity index (χ0n) is 12.6. The summed E-state index contributed by atoms with van der Waals surface area (Å²) in [4.78, 5) is 11.4. The molecule has 22 heavy (non-hydrogen) atoms. The van der Waals surface area contributed by atoms with Crippen LogP contribution in [-0.2, 0) is 11.2 Å². The van der Waals surface area contributed by atoms with E-state index < -0.39 is 12.1 Å². The third-order valence-corrected chi connectivity index (χ3v) is 3.65. The van der Waals surface area contributed by atoms with E-state index in [-0.39, 0.29) is 6.42 Å². The fraction of sp³-hybridized carbons (Fsp3) is 0.278. The molecule has 0 saturated heterocycles.